The van der Waals surface area contributed by atoms with E-state index in [1.165, 1.54) is 12.0 Å². The molecule has 1 aliphatic rings. The summed E-state index contributed by atoms with van der Waals surface area (Å²) in [6.45, 7) is 13.0. The van der Waals surface area contributed by atoms with Crippen molar-refractivity contribution in [3.63, 3.8) is 0 Å². The molecular weight excluding hydrogens is 364 g/mol. The number of benzene rings is 2. The molecule has 150 valence electrons. The summed E-state index contributed by atoms with van der Waals surface area (Å²) >= 11 is 0. The van der Waals surface area contributed by atoms with Crippen LogP contribution in [-0.4, -0.2) is 21.2 Å². The summed E-state index contributed by atoms with van der Waals surface area (Å²) in [5.41, 5.74) is 5.60. The largest absolute Gasteiger partial charge is 0.413 e. The lowest BCUT2D eigenvalue weighted by atomic mass is 9.97. The van der Waals surface area contributed by atoms with Crippen LogP contribution in [0, 0.1) is 0 Å². The van der Waals surface area contributed by atoms with E-state index in [2.05, 4.69) is 74.8 Å². The van der Waals surface area contributed by atoms with Gasteiger partial charge in [-0.2, -0.15) is 0 Å². The zero-order chi connectivity index (χ0) is 20.0. The maximum Gasteiger partial charge on any atom is 0.184 e. The molecule has 0 radical (unpaired) electrons. The highest BCUT2D eigenvalue weighted by Gasteiger charge is 2.15. The van der Waals surface area contributed by atoms with Crippen LogP contribution in [-0.2, 0) is 27.1 Å². The molecule has 0 amide bonds. The van der Waals surface area contributed by atoms with Crippen LogP contribution < -0.4 is 0 Å². The van der Waals surface area contributed by atoms with Gasteiger partial charge in [0.1, 0.15) is 0 Å². The average molecular weight is 397 g/mol. The van der Waals surface area contributed by atoms with E-state index in [1.54, 1.807) is 0 Å². The Morgan fingerprint density at radius 1 is 1.00 bits per heavy atom. The third-order valence-electron chi connectivity index (χ3n) is 4.80. The van der Waals surface area contributed by atoms with Gasteiger partial charge in [0.05, 0.1) is 13.2 Å². The van der Waals surface area contributed by atoms with Gasteiger partial charge in [0.25, 0.3) is 0 Å². The molecule has 2 aromatic carbocycles. The molecule has 1 fully saturated rings. The summed E-state index contributed by atoms with van der Waals surface area (Å²) in [6.07, 6.45) is 3.23. The van der Waals surface area contributed by atoms with E-state index in [-0.39, 0.29) is 6.29 Å². The van der Waals surface area contributed by atoms with E-state index >= 15 is 0 Å². The van der Waals surface area contributed by atoms with Crippen molar-refractivity contribution in [2.75, 3.05) is 6.61 Å². The number of ether oxygens (including phenoxy) is 2. The van der Waals surface area contributed by atoms with Crippen LogP contribution >= 0.6 is 0 Å². The van der Waals surface area contributed by atoms with E-state index < -0.39 is 8.32 Å². The van der Waals surface area contributed by atoms with Crippen LogP contribution in [0.15, 0.2) is 55.1 Å². The lowest BCUT2D eigenvalue weighted by Gasteiger charge is -2.22. The molecule has 0 aromatic heterocycles. The van der Waals surface area contributed by atoms with Gasteiger partial charge in [-0.15, -0.1) is 0 Å². The molecule has 1 atom stereocenters. The third-order valence-corrected chi connectivity index (χ3v) is 5.81. The van der Waals surface area contributed by atoms with Gasteiger partial charge in [0.15, 0.2) is 14.6 Å². The zero-order valence-corrected chi connectivity index (χ0v) is 18.4. The molecule has 1 aliphatic heterocycles. The second kappa shape index (κ2) is 9.66. The van der Waals surface area contributed by atoms with Gasteiger partial charge in [-0.25, -0.2) is 0 Å². The zero-order valence-electron chi connectivity index (χ0n) is 17.4. The Kier molecular flexibility index (Phi) is 7.24. The molecular formula is C24H32O3Si. The van der Waals surface area contributed by atoms with E-state index in [0.717, 1.165) is 41.7 Å². The molecule has 1 heterocycles. The number of hydrogen-bond acceptors (Lipinski definition) is 3. The van der Waals surface area contributed by atoms with E-state index in [4.69, 9.17) is 13.9 Å². The monoisotopic (exact) mass is 396 g/mol. The summed E-state index contributed by atoms with van der Waals surface area (Å²) in [5, 5.41) is 0. The Bertz CT molecular complexity index is 788. The molecule has 2 aromatic rings. The van der Waals surface area contributed by atoms with Crippen LogP contribution in [0.2, 0.25) is 19.6 Å². The molecule has 3 nitrogen and oxygen atoms in total. The van der Waals surface area contributed by atoms with E-state index in [0.29, 0.717) is 13.2 Å². The first-order chi connectivity index (χ1) is 13.4. The van der Waals surface area contributed by atoms with Crippen LogP contribution in [0.4, 0.5) is 0 Å². The van der Waals surface area contributed by atoms with Crippen LogP contribution in [0.25, 0.3) is 5.57 Å². The molecule has 4 heteroatoms. The van der Waals surface area contributed by atoms with Crippen molar-refractivity contribution in [1.82, 2.24) is 0 Å². The minimum Gasteiger partial charge on any atom is -0.413 e. The summed E-state index contributed by atoms with van der Waals surface area (Å²) in [4.78, 5) is 0. The van der Waals surface area contributed by atoms with Gasteiger partial charge in [-0.1, -0.05) is 43.0 Å². The highest BCUT2D eigenvalue weighted by atomic mass is 28.4. The minimum atomic E-state index is -1.53. The van der Waals surface area contributed by atoms with Crippen molar-refractivity contribution in [3.05, 3.63) is 77.4 Å². The SMILES string of the molecule is C=C(c1cccc(COC2CCCCO2)c1)c1cccc(CO[Si](C)(C)C)c1. The first kappa shape index (κ1) is 21.0. The van der Waals surface area contributed by atoms with Gasteiger partial charge in [-0.05, 0) is 78.9 Å². The van der Waals surface area contributed by atoms with Gasteiger partial charge in [0.2, 0.25) is 0 Å². The Morgan fingerprint density at radius 2 is 1.64 bits per heavy atom. The Morgan fingerprint density at radius 3 is 2.21 bits per heavy atom. The molecule has 0 saturated carbocycles. The average Bonchev–Trinajstić information content (AvgIpc) is 2.71. The molecule has 1 unspecified atom stereocenters. The molecule has 0 aliphatic carbocycles. The number of hydrogen-bond donors (Lipinski definition) is 0. The van der Waals surface area contributed by atoms with Crippen LogP contribution in [0.1, 0.15) is 41.5 Å². The van der Waals surface area contributed by atoms with E-state index in [1.807, 2.05) is 0 Å². The normalized spacial score (nSPS) is 17.5. The molecule has 28 heavy (non-hydrogen) atoms. The molecule has 0 N–H and O–H groups in total. The van der Waals surface area contributed by atoms with Crippen molar-refractivity contribution in [1.29, 1.82) is 0 Å². The van der Waals surface area contributed by atoms with Crippen molar-refractivity contribution in [3.8, 4) is 0 Å². The lowest BCUT2D eigenvalue weighted by Crippen LogP contribution is -2.24. The number of rotatable bonds is 8. The Hall–Kier alpha value is -1.72. The van der Waals surface area contributed by atoms with Gasteiger partial charge in [0, 0.05) is 6.61 Å². The summed E-state index contributed by atoms with van der Waals surface area (Å²) in [6, 6.07) is 16.9. The predicted molar refractivity (Wildman–Crippen MR) is 118 cm³/mol. The topological polar surface area (TPSA) is 27.7 Å². The lowest BCUT2D eigenvalue weighted by molar-refractivity contribution is -0.168. The van der Waals surface area contributed by atoms with Crippen molar-refractivity contribution in [2.24, 2.45) is 0 Å². The van der Waals surface area contributed by atoms with Gasteiger partial charge in [-0.3, -0.25) is 0 Å². The molecule has 0 spiro atoms. The van der Waals surface area contributed by atoms with Crippen molar-refractivity contribution in [2.45, 2.75) is 58.4 Å². The fraction of sp³-hybridized carbons (Fsp3) is 0.417. The second-order valence-electron chi connectivity index (χ2n) is 8.39. The van der Waals surface area contributed by atoms with Crippen molar-refractivity contribution >= 4 is 13.9 Å². The quantitative estimate of drug-likeness (QED) is 0.501. The highest BCUT2D eigenvalue weighted by molar-refractivity contribution is 6.69. The van der Waals surface area contributed by atoms with Crippen LogP contribution in [0.5, 0.6) is 0 Å². The molecule has 3 rings (SSSR count). The second-order valence-corrected chi connectivity index (χ2v) is 12.9. The van der Waals surface area contributed by atoms with Gasteiger partial charge >= 0.3 is 0 Å². The first-order valence-corrected chi connectivity index (χ1v) is 13.6. The maximum atomic E-state index is 6.05. The fourth-order valence-corrected chi connectivity index (χ4v) is 3.80. The smallest absolute Gasteiger partial charge is 0.184 e. The summed E-state index contributed by atoms with van der Waals surface area (Å²) in [7, 11) is -1.53. The molecule has 0 bridgehead atoms. The van der Waals surface area contributed by atoms with Crippen LogP contribution in [0.3, 0.4) is 0 Å². The predicted octanol–water partition coefficient (Wildman–Crippen LogP) is 6.14. The summed E-state index contributed by atoms with van der Waals surface area (Å²) < 4.78 is 17.6. The third kappa shape index (κ3) is 6.42. The summed E-state index contributed by atoms with van der Waals surface area (Å²) in [5.74, 6) is 0. The Balaban J connectivity index is 1.65. The first-order valence-electron chi connectivity index (χ1n) is 10.2. The van der Waals surface area contributed by atoms with Gasteiger partial charge < -0.3 is 13.9 Å². The Labute approximate surface area is 170 Å². The molecule has 1 saturated heterocycles. The minimum absolute atomic E-state index is 0.0661. The van der Waals surface area contributed by atoms with E-state index in [9.17, 15) is 0 Å². The maximum absolute atomic E-state index is 6.05. The highest BCUT2D eigenvalue weighted by Crippen LogP contribution is 2.25. The fourth-order valence-electron chi connectivity index (χ4n) is 3.20. The standard InChI is InChI=1S/C24H32O3Si/c1-19(23-12-8-10-21(16-23)18-27-28(2,3)4)22-11-7-9-20(15-22)17-26-24-13-5-6-14-25-24/h7-12,15-16,24H,1,5-6,13-14,17-18H2,2-4H3. The van der Waals surface area contributed by atoms with Crippen molar-refractivity contribution < 1.29 is 13.9 Å².